The van der Waals surface area contributed by atoms with Gasteiger partial charge in [0.1, 0.15) is 0 Å². The van der Waals surface area contributed by atoms with E-state index >= 15 is 0 Å². The van der Waals surface area contributed by atoms with Crippen LogP contribution in [0.25, 0.3) is 0 Å². The number of nitrogens with one attached hydrogen (secondary N) is 1. The van der Waals surface area contributed by atoms with E-state index in [1.807, 2.05) is 0 Å². The highest BCUT2D eigenvalue weighted by molar-refractivity contribution is 8.00. The van der Waals surface area contributed by atoms with E-state index in [9.17, 15) is 0 Å². The number of ether oxygens (including phenoxy) is 1. The Morgan fingerprint density at radius 3 is 2.73 bits per heavy atom. The standard InChI is InChI=1S/C8H15NOS/c1-6-8(2-3-10-6)11-7-4-9-5-7/h6-9H,2-5H2,1H3. The van der Waals surface area contributed by atoms with E-state index in [4.69, 9.17) is 4.74 Å². The molecule has 0 saturated carbocycles. The number of hydrogen-bond acceptors (Lipinski definition) is 3. The zero-order chi connectivity index (χ0) is 7.68. The molecule has 0 aliphatic carbocycles. The van der Waals surface area contributed by atoms with Crippen molar-refractivity contribution >= 4 is 11.8 Å². The molecule has 2 aliphatic heterocycles. The van der Waals surface area contributed by atoms with Crippen LogP contribution in [0.5, 0.6) is 0 Å². The van der Waals surface area contributed by atoms with Crippen molar-refractivity contribution < 1.29 is 4.74 Å². The average Bonchev–Trinajstić information content (AvgIpc) is 2.27. The van der Waals surface area contributed by atoms with Crippen molar-refractivity contribution in [1.82, 2.24) is 5.32 Å². The van der Waals surface area contributed by atoms with Crippen LogP contribution < -0.4 is 5.32 Å². The molecule has 0 aromatic carbocycles. The molecule has 2 nitrogen and oxygen atoms in total. The Morgan fingerprint density at radius 2 is 2.27 bits per heavy atom. The van der Waals surface area contributed by atoms with Crippen molar-refractivity contribution in [2.24, 2.45) is 0 Å². The second-order valence-corrected chi connectivity index (χ2v) is 4.86. The lowest BCUT2D eigenvalue weighted by Gasteiger charge is -2.29. The molecule has 0 spiro atoms. The van der Waals surface area contributed by atoms with Gasteiger partial charge < -0.3 is 10.1 Å². The fourth-order valence-electron chi connectivity index (χ4n) is 1.50. The summed E-state index contributed by atoms with van der Waals surface area (Å²) in [7, 11) is 0. The maximum Gasteiger partial charge on any atom is 0.0666 e. The highest BCUT2D eigenvalue weighted by atomic mass is 32.2. The Balaban J connectivity index is 1.75. The van der Waals surface area contributed by atoms with E-state index in [2.05, 4.69) is 24.0 Å². The Labute approximate surface area is 72.1 Å². The molecule has 2 unspecified atom stereocenters. The second-order valence-electron chi connectivity index (χ2n) is 3.32. The fourth-order valence-corrected chi connectivity index (χ4v) is 2.95. The van der Waals surface area contributed by atoms with Gasteiger partial charge in [0.15, 0.2) is 0 Å². The van der Waals surface area contributed by atoms with Crippen molar-refractivity contribution in [2.45, 2.75) is 29.9 Å². The molecule has 0 radical (unpaired) electrons. The highest BCUT2D eigenvalue weighted by Crippen LogP contribution is 2.30. The zero-order valence-corrected chi connectivity index (χ0v) is 7.69. The van der Waals surface area contributed by atoms with Gasteiger partial charge in [-0.2, -0.15) is 0 Å². The van der Waals surface area contributed by atoms with Crippen LogP contribution >= 0.6 is 11.8 Å². The molecule has 0 bridgehead atoms. The largest absolute Gasteiger partial charge is 0.377 e. The van der Waals surface area contributed by atoms with E-state index < -0.39 is 0 Å². The lowest BCUT2D eigenvalue weighted by Crippen LogP contribution is -2.45. The van der Waals surface area contributed by atoms with Crippen LogP contribution in [-0.4, -0.2) is 36.3 Å². The minimum Gasteiger partial charge on any atom is -0.377 e. The van der Waals surface area contributed by atoms with E-state index in [1.54, 1.807) is 0 Å². The van der Waals surface area contributed by atoms with E-state index in [0.29, 0.717) is 6.10 Å². The summed E-state index contributed by atoms with van der Waals surface area (Å²) in [5, 5.41) is 4.92. The molecule has 2 heterocycles. The summed E-state index contributed by atoms with van der Waals surface area (Å²) in [5.41, 5.74) is 0. The van der Waals surface area contributed by atoms with Crippen LogP contribution in [0.15, 0.2) is 0 Å². The smallest absolute Gasteiger partial charge is 0.0666 e. The van der Waals surface area contributed by atoms with Crippen LogP contribution in [0.4, 0.5) is 0 Å². The summed E-state index contributed by atoms with van der Waals surface area (Å²) in [6, 6.07) is 0. The zero-order valence-electron chi connectivity index (χ0n) is 6.88. The van der Waals surface area contributed by atoms with E-state index in [-0.39, 0.29) is 0 Å². The molecule has 1 N–H and O–H groups in total. The molecule has 64 valence electrons. The quantitative estimate of drug-likeness (QED) is 0.669. The first-order valence-electron chi connectivity index (χ1n) is 4.34. The van der Waals surface area contributed by atoms with Crippen LogP contribution in [0.3, 0.4) is 0 Å². The summed E-state index contributed by atoms with van der Waals surface area (Å²) in [5.74, 6) is 0. The first kappa shape index (κ1) is 7.90. The summed E-state index contributed by atoms with van der Waals surface area (Å²) >= 11 is 2.11. The van der Waals surface area contributed by atoms with Crippen molar-refractivity contribution in [3.05, 3.63) is 0 Å². The van der Waals surface area contributed by atoms with Crippen LogP contribution in [0, 0.1) is 0 Å². The molecule has 11 heavy (non-hydrogen) atoms. The predicted octanol–water partition coefficient (Wildman–Crippen LogP) is 0.869. The molecule has 2 atom stereocenters. The van der Waals surface area contributed by atoms with Gasteiger partial charge in [0, 0.05) is 30.2 Å². The number of thioether (sulfide) groups is 1. The second kappa shape index (κ2) is 3.33. The Morgan fingerprint density at radius 1 is 1.45 bits per heavy atom. The van der Waals surface area contributed by atoms with Crippen molar-refractivity contribution in [3.8, 4) is 0 Å². The third kappa shape index (κ3) is 1.71. The first-order valence-corrected chi connectivity index (χ1v) is 5.28. The summed E-state index contributed by atoms with van der Waals surface area (Å²) in [4.78, 5) is 0. The topological polar surface area (TPSA) is 21.3 Å². The van der Waals surface area contributed by atoms with Gasteiger partial charge in [-0.3, -0.25) is 0 Å². The minimum atomic E-state index is 0.487. The lowest BCUT2D eigenvalue weighted by molar-refractivity contribution is 0.127. The van der Waals surface area contributed by atoms with Crippen molar-refractivity contribution in [2.75, 3.05) is 19.7 Å². The van der Waals surface area contributed by atoms with Crippen LogP contribution in [0.2, 0.25) is 0 Å². The molecular formula is C8H15NOS. The monoisotopic (exact) mass is 173 g/mol. The van der Waals surface area contributed by atoms with E-state index in [1.165, 1.54) is 19.5 Å². The minimum absolute atomic E-state index is 0.487. The maximum absolute atomic E-state index is 5.49. The molecule has 0 aromatic heterocycles. The van der Waals surface area contributed by atoms with Gasteiger partial charge in [0.2, 0.25) is 0 Å². The molecule has 2 rings (SSSR count). The maximum atomic E-state index is 5.49. The molecule has 2 fully saturated rings. The van der Waals surface area contributed by atoms with Gasteiger partial charge in [-0.25, -0.2) is 0 Å². The Kier molecular flexibility index (Phi) is 2.39. The van der Waals surface area contributed by atoms with Gasteiger partial charge in [-0.1, -0.05) is 0 Å². The fraction of sp³-hybridized carbons (Fsp3) is 1.00. The molecule has 0 aromatic rings. The van der Waals surface area contributed by atoms with Crippen LogP contribution in [0.1, 0.15) is 13.3 Å². The number of hydrogen-bond donors (Lipinski definition) is 1. The van der Waals surface area contributed by atoms with Gasteiger partial charge >= 0.3 is 0 Å². The van der Waals surface area contributed by atoms with Gasteiger partial charge in [-0.15, -0.1) is 11.8 Å². The number of rotatable bonds is 2. The summed E-state index contributed by atoms with van der Waals surface area (Å²) < 4.78 is 5.49. The third-order valence-electron chi connectivity index (χ3n) is 2.42. The summed E-state index contributed by atoms with van der Waals surface area (Å²) in [6.07, 6.45) is 1.74. The molecule has 2 aliphatic rings. The highest BCUT2D eigenvalue weighted by Gasteiger charge is 2.29. The van der Waals surface area contributed by atoms with E-state index in [0.717, 1.165) is 17.1 Å². The predicted molar refractivity (Wildman–Crippen MR) is 48.1 cm³/mol. The third-order valence-corrected chi connectivity index (χ3v) is 4.10. The van der Waals surface area contributed by atoms with Gasteiger partial charge in [0.05, 0.1) is 6.10 Å². The molecule has 0 amide bonds. The Bertz CT molecular complexity index is 138. The van der Waals surface area contributed by atoms with Gasteiger partial charge in [0.25, 0.3) is 0 Å². The molecular weight excluding hydrogens is 158 g/mol. The van der Waals surface area contributed by atoms with Gasteiger partial charge in [-0.05, 0) is 13.3 Å². The van der Waals surface area contributed by atoms with Crippen molar-refractivity contribution in [3.63, 3.8) is 0 Å². The SMILES string of the molecule is CC1OCCC1SC1CNC1. The Hall–Kier alpha value is 0.270. The first-order chi connectivity index (χ1) is 5.36. The normalized spacial score (nSPS) is 39.0. The van der Waals surface area contributed by atoms with Crippen LogP contribution in [-0.2, 0) is 4.74 Å². The van der Waals surface area contributed by atoms with Crippen molar-refractivity contribution in [1.29, 1.82) is 0 Å². The molecule has 3 heteroatoms. The summed E-state index contributed by atoms with van der Waals surface area (Å²) in [6.45, 7) is 5.57. The average molecular weight is 173 g/mol. The molecule has 2 saturated heterocycles. The lowest BCUT2D eigenvalue weighted by atomic mass is 10.2.